The summed E-state index contributed by atoms with van der Waals surface area (Å²) in [4.78, 5) is 33.9. The van der Waals surface area contributed by atoms with E-state index in [1.807, 2.05) is 37.3 Å². The van der Waals surface area contributed by atoms with Gasteiger partial charge in [0.15, 0.2) is 0 Å². The smallest absolute Gasteiger partial charge is 0.248 e. The van der Waals surface area contributed by atoms with E-state index in [0.29, 0.717) is 24.2 Å². The van der Waals surface area contributed by atoms with Crippen LogP contribution >= 0.6 is 0 Å². The lowest BCUT2D eigenvalue weighted by atomic mass is 9.87. The van der Waals surface area contributed by atoms with Gasteiger partial charge in [-0.1, -0.05) is 58.2 Å². The SMILES string of the molecule is Cc1cncc(C(C(=O)NC2CCCCC2)N(C(=O)C2CC(O)CN2)c2ccc(C(C)(C)C)cc2)c1. The zero-order valence-electron chi connectivity index (χ0n) is 22.0. The zero-order chi connectivity index (χ0) is 25.9. The summed E-state index contributed by atoms with van der Waals surface area (Å²) in [6.07, 6.45) is 8.46. The molecule has 0 spiro atoms. The van der Waals surface area contributed by atoms with Gasteiger partial charge in [0.25, 0.3) is 0 Å². The van der Waals surface area contributed by atoms with E-state index in [0.717, 1.165) is 36.8 Å². The van der Waals surface area contributed by atoms with Crippen molar-refractivity contribution in [3.05, 3.63) is 59.4 Å². The van der Waals surface area contributed by atoms with Crippen LogP contribution in [0.25, 0.3) is 0 Å². The topological polar surface area (TPSA) is 94.6 Å². The molecular weight excluding hydrogens is 452 g/mol. The van der Waals surface area contributed by atoms with Gasteiger partial charge >= 0.3 is 0 Å². The summed E-state index contributed by atoms with van der Waals surface area (Å²) in [5, 5.41) is 16.5. The number of hydrogen-bond donors (Lipinski definition) is 3. The highest BCUT2D eigenvalue weighted by Crippen LogP contribution is 2.33. The average molecular weight is 493 g/mol. The number of amides is 2. The van der Waals surface area contributed by atoms with Crippen LogP contribution in [0.2, 0.25) is 0 Å². The Labute approximate surface area is 214 Å². The lowest BCUT2D eigenvalue weighted by molar-refractivity contribution is -0.128. The second kappa shape index (κ2) is 11.1. The van der Waals surface area contributed by atoms with Gasteiger partial charge in [0, 0.05) is 36.2 Å². The van der Waals surface area contributed by atoms with Crippen LogP contribution < -0.4 is 15.5 Å². The van der Waals surface area contributed by atoms with Gasteiger partial charge in [0.2, 0.25) is 11.8 Å². The Morgan fingerprint density at radius 2 is 1.81 bits per heavy atom. The molecule has 194 valence electrons. The van der Waals surface area contributed by atoms with Crippen molar-refractivity contribution in [2.45, 2.75) is 95.9 Å². The summed E-state index contributed by atoms with van der Waals surface area (Å²) < 4.78 is 0. The number of hydrogen-bond acceptors (Lipinski definition) is 5. The highest BCUT2D eigenvalue weighted by molar-refractivity contribution is 6.04. The second-order valence-corrected chi connectivity index (χ2v) is 11.4. The first-order valence-corrected chi connectivity index (χ1v) is 13.2. The number of nitrogens with zero attached hydrogens (tertiary/aromatic N) is 2. The number of aliphatic hydroxyl groups is 1. The standard InChI is InChI=1S/C29H40N4O3/c1-19-14-20(17-30-16-19)26(27(35)32-22-8-6-5-7-9-22)33(28(36)25-15-24(34)18-31-25)23-12-10-21(11-13-23)29(2,3)4/h10-14,16-17,22,24-26,31,34H,5-9,15,18H2,1-4H3,(H,32,35). The minimum Gasteiger partial charge on any atom is -0.392 e. The molecule has 2 aliphatic rings. The molecule has 1 aliphatic carbocycles. The molecule has 3 N–H and O–H groups in total. The molecule has 2 amide bonds. The summed E-state index contributed by atoms with van der Waals surface area (Å²) in [7, 11) is 0. The molecule has 7 nitrogen and oxygen atoms in total. The summed E-state index contributed by atoms with van der Waals surface area (Å²) in [5.41, 5.74) is 3.36. The number of carbonyl (C=O) groups excluding carboxylic acids is 2. The fraction of sp³-hybridized carbons (Fsp3) is 0.552. The quantitative estimate of drug-likeness (QED) is 0.568. The number of aliphatic hydroxyl groups excluding tert-OH is 1. The van der Waals surface area contributed by atoms with E-state index in [9.17, 15) is 14.7 Å². The van der Waals surface area contributed by atoms with E-state index in [4.69, 9.17) is 0 Å². The molecule has 0 bridgehead atoms. The first-order valence-electron chi connectivity index (χ1n) is 13.2. The first-order chi connectivity index (χ1) is 17.1. The van der Waals surface area contributed by atoms with Crippen LogP contribution in [0, 0.1) is 6.92 Å². The van der Waals surface area contributed by atoms with Crippen LogP contribution in [0.5, 0.6) is 0 Å². The van der Waals surface area contributed by atoms with E-state index in [-0.39, 0.29) is 23.3 Å². The Kier molecular flexibility index (Phi) is 8.10. The number of aryl methyl sites for hydroxylation is 1. The Hall–Kier alpha value is -2.77. The van der Waals surface area contributed by atoms with Crippen LogP contribution in [-0.4, -0.2) is 46.6 Å². The Bertz CT molecular complexity index is 1060. The molecule has 2 aromatic rings. The van der Waals surface area contributed by atoms with Gasteiger partial charge in [-0.15, -0.1) is 0 Å². The maximum absolute atomic E-state index is 14.0. The molecule has 7 heteroatoms. The van der Waals surface area contributed by atoms with Crippen molar-refractivity contribution in [1.29, 1.82) is 0 Å². The van der Waals surface area contributed by atoms with Crippen LogP contribution in [0.15, 0.2) is 42.7 Å². The summed E-state index contributed by atoms with van der Waals surface area (Å²) >= 11 is 0. The van der Waals surface area contributed by atoms with E-state index in [1.54, 1.807) is 17.3 Å². The molecule has 1 aromatic heterocycles. The van der Waals surface area contributed by atoms with Crippen molar-refractivity contribution in [3.8, 4) is 0 Å². The number of benzene rings is 1. The van der Waals surface area contributed by atoms with Crippen molar-refractivity contribution < 1.29 is 14.7 Å². The summed E-state index contributed by atoms with van der Waals surface area (Å²) in [6.45, 7) is 8.73. The Morgan fingerprint density at radius 1 is 1.11 bits per heavy atom. The molecule has 0 radical (unpaired) electrons. The summed E-state index contributed by atoms with van der Waals surface area (Å²) in [5.74, 6) is -0.415. The van der Waals surface area contributed by atoms with E-state index < -0.39 is 18.2 Å². The van der Waals surface area contributed by atoms with Crippen molar-refractivity contribution in [1.82, 2.24) is 15.6 Å². The molecule has 2 fully saturated rings. The average Bonchev–Trinajstić information content (AvgIpc) is 3.28. The number of carbonyl (C=O) groups is 2. The minimum atomic E-state index is -0.869. The molecule has 2 heterocycles. The Morgan fingerprint density at radius 3 is 2.39 bits per heavy atom. The highest BCUT2D eigenvalue weighted by Gasteiger charge is 2.39. The van der Waals surface area contributed by atoms with E-state index in [1.165, 1.54) is 6.42 Å². The van der Waals surface area contributed by atoms with E-state index in [2.05, 4.69) is 36.4 Å². The maximum atomic E-state index is 14.0. The number of rotatable bonds is 6. The normalized spacial score (nSPS) is 21.7. The van der Waals surface area contributed by atoms with E-state index >= 15 is 0 Å². The lowest BCUT2D eigenvalue weighted by Gasteiger charge is -2.35. The third-order valence-electron chi connectivity index (χ3n) is 7.32. The van der Waals surface area contributed by atoms with Crippen molar-refractivity contribution in [3.63, 3.8) is 0 Å². The van der Waals surface area contributed by atoms with Gasteiger partial charge in [-0.2, -0.15) is 0 Å². The molecule has 1 aromatic carbocycles. The van der Waals surface area contributed by atoms with Gasteiger partial charge in [-0.3, -0.25) is 19.5 Å². The predicted octanol–water partition coefficient (Wildman–Crippen LogP) is 3.93. The molecular formula is C29H40N4O3. The van der Waals surface area contributed by atoms with Gasteiger partial charge in [-0.05, 0) is 54.9 Å². The largest absolute Gasteiger partial charge is 0.392 e. The molecule has 1 saturated carbocycles. The number of aromatic nitrogens is 1. The lowest BCUT2D eigenvalue weighted by Crippen LogP contribution is -2.51. The van der Waals surface area contributed by atoms with Gasteiger partial charge < -0.3 is 15.7 Å². The third-order valence-corrected chi connectivity index (χ3v) is 7.32. The van der Waals surface area contributed by atoms with Gasteiger partial charge in [0.05, 0.1) is 12.1 Å². The summed E-state index contributed by atoms with van der Waals surface area (Å²) in [6, 6.07) is 8.50. The molecule has 1 saturated heterocycles. The van der Waals surface area contributed by atoms with Crippen LogP contribution in [0.4, 0.5) is 5.69 Å². The Balaban J connectivity index is 1.77. The molecule has 3 atom stereocenters. The number of nitrogens with one attached hydrogen (secondary N) is 2. The monoisotopic (exact) mass is 492 g/mol. The fourth-order valence-corrected chi connectivity index (χ4v) is 5.27. The maximum Gasteiger partial charge on any atom is 0.248 e. The zero-order valence-corrected chi connectivity index (χ0v) is 22.0. The minimum absolute atomic E-state index is 0.0390. The molecule has 4 rings (SSSR count). The molecule has 36 heavy (non-hydrogen) atoms. The fourth-order valence-electron chi connectivity index (χ4n) is 5.27. The predicted molar refractivity (Wildman–Crippen MR) is 142 cm³/mol. The van der Waals surface area contributed by atoms with Crippen molar-refractivity contribution in [2.75, 3.05) is 11.4 Å². The molecule has 3 unspecified atom stereocenters. The number of β-amino-alcohol motifs (C(OH)–C–C–N with tert-alkyl or cyclic N) is 1. The van der Waals surface area contributed by atoms with Crippen LogP contribution in [0.1, 0.15) is 82.0 Å². The van der Waals surface area contributed by atoms with Crippen molar-refractivity contribution >= 4 is 17.5 Å². The first kappa shape index (κ1) is 26.3. The third kappa shape index (κ3) is 6.13. The van der Waals surface area contributed by atoms with Crippen LogP contribution in [0.3, 0.4) is 0 Å². The number of pyridine rings is 1. The van der Waals surface area contributed by atoms with Gasteiger partial charge in [0.1, 0.15) is 6.04 Å². The molecule has 1 aliphatic heterocycles. The second-order valence-electron chi connectivity index (χ2n) is 11.4. The van der Waals surface area contributed by atoms with Crippen LogP contribution in [-0.2, 0) is 15.0 Å². The van der Waals surface area contributed by atoms with Gasteiger partial charge in [-0.25, -0.2) is 0 Å². The number of anilines is 1. The highest BCUT2D eigenvalue weighted by atomic mass is 16.3. The van der Waals surface area contributed by atoms with Crippen molar-refractivity contribution in [2.24, 2.45) is 0 Å².